The van der Waals surface area contributed by atoms with Crippen LogP contribution in [0.1, 0.15) is 13.3 Å². The van der Waals surface area contributed by atoms with Gasteiger partial charge in [-0.2, -0.15) is 0 Å². The molecule has 6 heteroatoms. The average Bonchev–Trinajstić information content (AvgIpc) is 2.29. The number of carbonyl (C=O) groups is 1. The minimum absolute atomic E-state index is 0. The number of nitrogens with zero attached hydrogens (tertiary/aromatic N) is 1. The van der Waals surface area contributed by atoms with Crippen molar-refractivity contribution in [2.24, 2.45) is 5.73 Å². The molecule has 1 atom stereocenters. The Balaban J connectivity index is 0.00000225. The first-order valence-electron chi connectivity index (χ1n) is 5.45. The van der Waals surface area contributed by atoms with Crippen molar-refractivity contribution >= 4 is 18.3 Å². The fourth-order valence-corrected chi connectivity index (χ4v) is 1.48. The lowest BCUT2D eigenvalue weighted by molar-refractivity contribution is -0.143. The van der Waals surface area contributed by atoms with Gasteiger partial charge in [0.1, 0.15) is 6.61 Å². The van der Waals surface area contributed by atoms with Gasteiger partial charge in [0.05, 0.1) is 12.7 Å². The van der Waals surface area contributed by atoms with Crippen molar-refractivity contribution in [1.29, 1.82) is 0 Å². The number of nitrogens with two attached hydrogens (primary N) is 1. The monoisotopic (exact) mass is 252 g/mol. The molecule has 0 saturated carbocycles. The first kappa shape index (κ1) is 15.6. The average molecular weight is 253 g/mol. The van der Waals surface area contributed by atoms with Crippen LogP contribution >= 0.6 is 12.4 Å². The van der Waals surface area contributed by atoms with Crippen LogP contribution in [-0.4, -0.2) is 56.4 Å². The number of morpholine rings is 1. The molecule has 1 rings (SSSR count). The fraction of sp³-hybridized carbons (Fsp3) is 0.900. The summed E-state index contributed by atoms with van der Waals surface area (Å²) in [6, 6.07) is 0. The van der Waals surface area contributed by atoms with Gasteiger partial charge in [0.15, 0.2) is 0 Å². The molecule has 1 aliphatic heterocycles. The Morgan fingerprint density at radius 1 is 1.62 bits per heavy atom. The third kappa shape index (κ3) is 5.12. The molecular weight excluding hydrogens is 232 g/mol. The highest BCUT2D eigenvalue weighted by Gasteiger charge is 2.22. The van der Waals surface area contributed by atoms with Gasteiger partial charge in [0.25, 0.3) is 0 Å². The summed E-state index contributed by atoms with van der Waals surface area (Å²) in [7, 11) is 0. The summed E-state index contributed by atoms with van der Waals surface area (Å²) in [5, 5.41) is 0. The molecule has 0 aliphatic carbocycles. The van der Waals surface area contributed by atoms with Crippen LogP contribution in [0.2, 0.25) is 0 Å². The number of amides is 1. The topological polar surface area (TPSA) is 64.8 Å². The van der Waals surface area contributed by atoms with Gasteiger partial charge in [-0.05, 0) is 6.42 Å². The molecule has 0 spiro atoms. The number of halogens is 1. The van der Waals surface area contributed by atoms with Crippen LogP contribution in [0, 0.1) is 0 Å². The van der Waals surface area contributed by atoms with E-state index in [1.807, 2.05) is 6.92 Å². The van der Waals surface area contributed by atoms with E-state index in [4.69, 9.17) is 15.2 Å². The Morgan fingerprint density at radius 2 is 2.38 bits per heavy atom. The van der Waals surface area contributed by atoms with Crippen LogP contribution < -0.4 is 5.73 Å². The second kappa shape index (κ2) is 8.75. The van der Waals surface area contributed by atoms with Crippen LogP contribution in [-0.2, 0) is 14.3 Å². The van der Waals surface area contributed by atoms with Gasteiger partial charge in [0, 0.05) is 26.2 Å². The molecule has 1 amide bonds. The lowest BCUT2D eigenvalue weighted by Crippen LogP contribution is -2.49. The molecule has 0 radical (unpaired) electrons. The lowest BCUT2D eigenvalue weighted by Gasteiger charge is -2.32. The Labute approximate surface area is 103 Å². The second-order valence-corrected chi connectivity index (χ2v) is 3.62. The largest absolute Gasteiger partial charge is 0.373 e. The van der Waals surface area contributed by atoms with Gasteiger partial charge in [-0.15, -0.1) is 12.4 Å². The third-order valence-electron chi connectivity index (χ3n) is 2.33. The van der Waals surface area contributed by atoms with Gasteiger partial charge in [-0.3, -0.25) is 4.79 Å². The molecule has 16 heavy (non-hydrogen) atoms. The first-order valence-corrected chi connectivity index (χ1v) is 5.45. The Hall–Kier alpha value is -0.360. The quantitative estimate of drug-likeness (QED) is 0.701. The van der Waals surface area contributed by atoms with Crippen LogP contribution in [0.4, 0.5) is 0 Å². The number of hydrogen-bond acceptors (Lipinski definition) is 4. The van der Waals surface area contributed by atoms with E-state index in [-0.39, 0.29) is 31.0 Å². The highest BCUT2D eigenvalue weighted by Crippen LogP contribution is 2.04. The zero-order chi connectivity index (χ0) is 11.1. The van der Waals surface area contributed by atoms with E-state index in [1.165, 1.54) is 0 Å². The summed E-state index contributed by atoms with van der Waals surface area (Å²) in [5.41, 5.74) is 5.49. The highest BCUT2D eigenvalue weighted by atomic mass is 35.5. The van der Waals surface area contributed by atoms with Crippen LogP contribution in [0.15, 0.2) is 0 Å². The van der Waals surface area contributed by atoms with Gasteiger partial charge in [-0.25, -0.2) is 0 Å². The number of hydrogen-bond donors (Lipinski definition) is 1. The molecule has 0 aromatic rings. The summed E-state index contributed by atoms with van der Waals surface area (Å²) in [4.78, 5) is 13.4. The van der Waals surface area contributed by atoms with Crippen LogP contribution in [0.5, 0.6) is 0 Å². The predicted octanol–water partition coefficient (Wildman–Crippen LogP) is 0.0209. The lowest BCUT2D eigenvalue weighted by atomic mass is 10.2. The Bertz CT molecular complexity index is 205. The summed E-state index contributed by atoms with van der Waals surface area (Å²) in [6.45, 7) is 5.09. The summed E-state index contributed by atoms with van der Waals surface area (Å²) < 4.78 is 10.6. The van der Waals surface area contributed by atoms with Crippen molar-refractivity contribution < 1.29 is 14.3 Å². The van der Waals surface area contributed by atoms with Crippen molar-refractivity contribution in [1.82, 2.24) is 4.90 Å². The maximum Gasteiger partial charge on any atom is 0.248 e. The molecule has 0 bridgehead atoms. The first-order chi connectivity index (χ1) is 7.27. The van der Waals surface area contributed by atoms with Crippen molar-refractivity contribution in [2.75, 3.05) is 39.5 Å². The van der Waals surface area contributed by atoms with Gasteiger partial charge < -0.3 is 20.1 Å². The molecule has 1 heterocycles. The SMILES string of the molecule is CCCOCC(=O)N1CCOC(CN)C1.Cl. The predicted molar refractivity (Wildman–Crippen MR) is 63.7 cm³/mol. The van der Waals surface area contributed by atoms with E-state index in [2.05, 4.69) is 0 Å². The Morgan fingerprint density at radius 3 is 3.00 bits per heavy atom. The summed E-state index contributed by atoms with van der Waals surface area (Å²) in [5.74, 6) is 0.0326. The maximum absolute atomic E-state index is 11.6. The minimum Gasteiger partial charge on any atom is -0.373 e. The molecule has 2 N–H and O–H groups in total. The van der Waals surface area contributed by atoms with Crippen molar-refractivity contribution in [3.63, 3.8) is 0 Å². The third-order valence-corrected chi connectivity index (χ3v) is 2.33. The standard InChI is InChI=1S/C10H20N2O3.ClH/c1-2-4-14-8-10(13)12-3-5-15-9(6-11)7-12;/h9H,2-8,11H2,1H3;1H. The van der Waals surface area contributed by atoms with Crippen molar-refractivity contribution in [2.45, 2.75) is 19.4 Å². The van der Waals surface area contributed by atoms with Crippen LogP contribution in [0.25, 0.3) is 0 Å². The molecule has 1 fully saturated rings. The van der Waals surface area contributed by atoms with E-state index in [9.17, 15) is 4.79 Å². The Kier molecular flexibility index (Phi) is 8.56. The van der Waals surface area contributed by atoms with E-state index < -0.39 is 0 Å². The second-order valence-electron chi connectivity index (χ2n) is 3.62. The molecule has 1 aliphatic rings. The molecule has 96 valence electrons. The summed E-state index contributed by atoms with van der Waals surface area (Å²) >= 11 is 0. The number of rotatable bonds is 5. The molecule has 0 aromatic carbocycles. The molecule has 5 nitrogen and oxygen atoms in total. The molecule has 1 saturated heterocycles. The highest BCUT2D eigenvalue weighted by molar-refractivity contribution is 5.85. The van der Waals surface area contributed by atoms with Gasteiger partial charge in [-0.1, -0.05) is 6.92 Å². The van der Waals surface area contributed by atoms with Crippen molar-refractivity contribution in [3.8, 4) is 0 Å². The summed E-state index contributed by atoms with van der Waals surface area (Å²) in [6.07, 6.45) is 0.913. The molecule has 1 unspecified atom stereocenters. The van der Waals surface area contributed by atoms with Gasteiger partial charge >= 0.3 is 0 Å². The number of ether oxygens (including phenoxy) is 2. The number of carbonyl (C=O) groups excluding carboxylic acids is 1. The van der Waals surface area contributed by atoms with E-state index in [1.54, 1.807) is 4.90 Å². The maximum atomic E-state index is 11.6. The normalized spacial score (nSPS) is 20.4. The zero-order valence-corrected chi connectivity index (χ0v) is 10.5. The van der Waals surface area contributed by atoms with E-state index in [0.29, 0.717) is 32.8 Å². The molecular formula is C10H21ClN2O3. The van der Waals surface area contributed by atoms with E-state index >= 15 is 0 Å². The minimum atomic E-state index is -0.0196. The van der Waals surface area contributed by atoms with E-state index in [0.717, 1.165) is 6.42 Å². The zero-order valence-electron chi connectivity index (χ0n) is 9.68. The van der Waals surface area contributed by atoms with Crippen LogP contribution in [0.3, 0.4) is 0 Å². The fourth-order valence-electron chi connectivity index (χ4n) is 1.48. The molecule has 0 aromatic heterocycles. The van der Waals surface area contributed by atoms with Gasteiger partial charge in [0.2, 0.25) is 5.91 Å². The van der Waals surface area contributed by atoms with Crippen molar-refractivity contribution in [3.05, 3.63) is 0 Å². The smallest absolute Gasteiger partial charge is 0.248 e.